The van der Waals surface area contributed by atoms with Crippen molar-refractivity contribution in [2.24, 2.45) is 0 Å². The van der Waals surface area contributed by atoms with Crippen LogP contribution >= 0.6 is 0 Å². The number of amides is 2. The number of fused-ring (bicyclic) bond motifs is 1. The van der Waals surface area contributed by atoms with E-state index < -0.39 is 0 Å². The van der Waals surface area contributed by atoms with Gasteiger partial charge in [-0.05, 0) is 37.6 Å². The van der Waals surface area contributed by atoms with E-state index in [1.165, 1.54) is 0 Å². The predicted octanol–water partition coefficient (Wildman–Crippen LogP) is 0.804. The van der Waals surface area contributed by atoms with Gasteiger partial charge in [0, 0.05) is 44.0 Å². The highest BCUT2D eigenvalue weighted by Gasteiger charge is 2.36. The molecule has 0 radical (unpaired) electrons. The van der Waals surface area contributed by atoms with E-state index in [2.05, 4.69) is 15.3 Å². The first-order valence-corrected chi connectivity index (χ1v) is 9.42. The molecule has 7 nitrogen and oxygen atoms in total. The van der Waals surface area contributed by atoms with Crippen molar-refractivity contribution in [1.82, 2.24) is 24.9 Å². The average molecular weight is 367 g/mol. The first kappa shape index (κ1) is 17.7. The standard InChI is InChI=1S/C20H25N5O2/c1-14-10-15(2)25(22-14)12-16-4-3-5-17(11-16)20(27)24-9-8-23-7-6-21-19(26)18(23)13-24/h3-5,10-11,18H,6-9,12-13H2,1-2H3,(H,21,26)/t18-/m0/s1. The Morgan fingerprint density at radius 1 is 1.22 bits per heavy atom. The normalized spacial score (nSPS) is 20.3. The second-order valence-corrected chi connectivity index (χ2v) is 7.38. The number of nitrogens with zero attached hydrogens (tertiary/aromatic N) is 4. The van der Waals surface area contributed by atoms with Crippen molar-refractivity contribution in [3.63, 3.8) is 0 Å². The molecule has 0 bridgehead atoms. The zero-order valence-electron chi connectivity index (χ0n) is 15.8. The molecule has 2 amide bonds. The number of rotatable bonds is 3. The third-order valence-electron chi connectivity index (χ3n) is 5.39. The smallest absolute Gasteiger partial charge is 0.253 e. The molecule has 2 fully saturated rings. The van der Waals surface area contributed by atoms with E-state index in [0.717, 1.165) is 30.0 Å². The van der Waals surface area contributed by atoms with Crippen LogP contribution in [-0.2, 0) is 11.3 Å². The number of nitrogens with one attached hydrogen (secondary N) is 1. The second-order valence-electron chi connectivity index (χ2n) is 7.38. The summed E-state index contributed by atoms with van der Waals surface area (Å²) in [5.41, 5.74) is 3.80. The summed E-state index contributed by atoms with van der Waals surface area (Å²) in [7, 11) is 0. The van der Waals surface area contributed by atoms with Gasteiger partial charge in [-0.3, -0.25) is 19.2 Å². The van der Waals surface area contributed by atoms with Gasteiger partial charge < -0.3 is 10.2 Å². The van der Waals surface area contributed by atoms with Crippen LogP contribution in [-0.4, -0.2) is 70.2 Å². The molecule has 7 heteroatoms. The number of carbonyl (C=O) groups is 2. The summed E-state index contributed by atoms with van der Waals surface area (Å²) >= 11 is 0. The third kappa shape index (κ3) is 3.60. The van der Waals surface area contributed by atoms with Crippen LogP contribution in [0.15, 0.2) is 30.3 Å². The molecule has 1 aromatic carbocycles. The molecule has 1 aromatic heterocycles. The van der Waals surface area contributed by atoms with Gasteiger partial charge in [0.1, 0.15) is 6.04 Å². The Morgan fingerprint density at radius 2 is 2.07 bits per heavy atom. The summed E-state index contributed by atoms with van der Waals surface area (Å²) in [5.74, 6) is 0.0141. The number of benzene rings is 1. The molecule has 2 aliphatic rings. The minimum Gasteiger partial charge on any atom is -0.353 e. The van der Waals surface area contributed by atoms with Gasteiger partial charge in [-0.25, -0.2) is 0 Å². The van der Waals surface area contributed by atoms with Crippen LogP contribution in [0.2, 0.25) is 0 Å². The lowest BCUT2D eigenvalue weighted by Crippen LogP contribution is -2.64. The van der Waals surface area contributed by atoms with Gasteiger partial charge in [0.25, 0.3) is 5.91 Å². The van der Waals surface area contributed by atoms with E-state index in [-0.39, 0.29) is 17.9 Å². The Kier molecular flexibility index (Phi) is 4.70. The highest BCUT2D eigenvalue weighted by atomic mass is 16.2. The Bertz CT molecular complexity index is 875. The molecule has 142 valence electrons. The summed E-state index contributed by atoms with van der Waals surface area (Å²) in [6, 6.07) is 9.53. The highest BCUT2D eigenvalue weighted by molar-refractivity contribution is 5.95. The van der Waals surface area contributed by atoms with Crippen molar-refractivity contribution in [3.8, 4) is 0 Å². The number of piperazine rings is 2. The van der Waals surface area contributed by atoms with E-state index in [9.17, 15) is 9.59 Å². The van der Waals surface area contributed by atoms with Gasteiger partial charge in [-0.15, -0.1) is 0 Å². The van der Waals surface area contributed by atoms with Gasteiger partial charge in [0.05, 0.1) is 12.2 Å². The number of hydrogen-bond acceptors (Lipinski definition) is 4. The summed E-state index contributed by atoms with van der Waals surface area (Å²) < 4.78 is 1.95. The lowest BCUT2D eigenvalue weighted by molar-refractivity contribution is -0.131. The maximum atomic E-state index is 13.0. The maximum Gasteiger partial charge on any atom is 0.253 e. The summed E-state index contributed by atoms with van der Waals surface area (Å²) in [4.78, 5) is 29.1. The molecule has 3 heterocycles. The van der Waals surface area contributed by atoms with Crippen molar-refractivity contribution >= 4 is 11.8 Å². The minimum atomic E-state index is -0.227. The molecule has 0 spiro atoms. The molecule has 0 saturated carbocycles. The van der Waals surface area contributed by atoms with Crippen LogP contribution in [0, 0.1) is 13.8 Å². The summed E-state index contributed by atoms with van der Waals surface area (Å²) in [5, 5.41) is 7.39. The SMILES string of the molecule is Cc1cc(C)n(Cc2cccc(C(=O)N3CCN4CCNC(=O)[C@@H]4C3)c2)n1. The van der Waals surface area contributed by atoms with Crippen molar-refractivity contribution in [1.29, 1.82) is 0 Å². The van der Waals surface area contributed by atoms with E-state index in [1.54, 1.807) is 4.90 Å². The molecular formula is C20H25N5O2. The van der Waals surface area contributed by atoms with Crippen LogP contribution in [0.1, 0.15) is 27.3 Å². The number of aromatic nitrogens is 2. The molecule has 0 unspecified atom stereocenters. The molecular weight excluding hydrogens is 342 g/mol. The maximum absolute atomic E-state index is 13.0. The van der Waals surface area contributed by atoms with Gasteiger partial charge in [0.15, 0.2) is 0 Å². The van der Waals surface area contributed by atoms with E-state index >= 15 is 0 Å². The molecule has 27 heavy (non-hydrogen) atoms. The topological polar surface area (TPSA) is 70.5 Å². The van der Waals surface area contributed by atoms with Crippen LogP contribution < -0.4 is 5.32 Å². The van der Waals surface area contributed by atoms with E-state index in [0.29, 0.717) is 31.7 Å². The highest BCUT2D eigenvalue weighted by Crippen LogP contribution is 2.17. The number of hydrogen-bond donors (Lipinski definition) is 1. The molecule has 2 saturated heterocycles. The fourth-order valence-electron chi connectivity index (χ4n) is 3.96. The first-order chi connectivity index (χ1) is 13.0. The van der Waals surface area contributed by atoms with E-state index in [1.807, 2.05) is 48.9 Å². The van der Waals surface area contributed by atoms with Gasteiger partial charge >= 0.3 is 0 Å². The Hall–Kier alpha value is -2.67. The Labute approximate surface area is 158 Å². The van der Waals surface area contributed by atoms with Gasteiger partial charge in [-0.1, -0.05) is 12.1 Å². The molecule has 2 aromatic rings. The van der Waals surface area contributed by atoms with Crippen LogP contribution in [0.5, 0.6) is 0 Å². The third-order valence-corrected chi connectivity index (χ3v) is 5.39. The van der Waals surface area contributed by atoms with Gasteiger partial charge in [0.2, 0.25) is 5.91 Å². The Morgan fingerprint density at radius 3 is 2.85 bits per heavy atom. The minimum absolute atomic E-state index is 0.0109. The molecule has 1 atom stereocenters. The lowest BCUT2D eigenvalue weighted by atomic mass is 10.1. The monoisotopic (exact) mass is 367 g/mol. The predicted molar refractivity (Wildman–Crippen MR) is 102 cm³/mol. The van der Waals surface area contributed by atoms with Crippen molar-refractivity contribution < 1.29 is 9.59 Å². The largest absolute Gasteiger partial charge is 0.353 e. The van der Waals surface area contributed by atoms with Crippen molar-refractivity contribution in [2.45, 2.75) is 26.4 Å². The first-order valence-electron chi connectivity index (χ1n) is 9.42. The molecule has 4 rings (SSSR count). The molecule has 2 aliphatic heterocycles. The quantitative estimate of drug-likeness (QED) is 0.871. The molecule has 0 aliphatic carbocycles. The lowest BCUT2D eigenvalue weighted by Gasteiger charge is -2.43. The summed E-state index contributed by atoms with van der Waals surface area (Å²) in [6.45, 7) is 8.05. The van der Waals surface area contributed by atoms with Crippen LogP contribution in [0.4, 0.5) is 0 Å². The molecule has 1 N–H and O–H groups in total. The van der Waals surface area contributed by atoms with Gasteiger partial charge in [-0.2, -0.15) is 5.10 Å². The fourth-order valence-corrected chi connectivity index (χ4v) is 3.96. The van der Waals surface area contributed by atoms with Crippen LogP contribution in [0.25, 0.3) is 0 Å². The zero-order chi connectivity index (χ0) is 19.0. The zero-order valence-corrected chi connectivity index (χ0v) is 15.8. The van der Waals surface area contributed by atoms with Crippen molar-refractivity contribution in [3.05, 3.63) is 52.8 Å². The number of carbonyl (C=O) groups excluding carboxylic acids is 2. The number of aryl methyl sites for hydroxylation is 2. The van der Waals surface area contributed by atoms with Crippen LogP contribution in [0.3, 0.4) is 0 Å². The average Bonchev–Trinajstić information content (AvgIpc) is 2.98. The van der Waals surface area contributed by atoms with E-state index in [4.69, 9.17) is 0 Å². The summed E-state index contributed by atoms with van der Waals surface area (Å²) in [6.07, 6.45) is 0. The Balaban J connectivity index is 1.49. The fraction of sp³-hybridized carbons (Fsp3) is 0.450. The van der Waals surface area contributed by atoms with Crippen molar-refractivity contribution in [2.75, 3.05) is 32.7 Å². The second kappa shape index (κ2) is 7.15.